The molecule has 254 valence electrons. The van der Waals surface area contributed by atoms with Crippen molar-refractivity contribution in [2.75, 3.05) is 26.2 Å². The fourth-order valence-electron chi connectivity index (χ4n) is 3.73. The lowest BCUT2D eigenvalue weighted by atomic mass is 10.1. The molecule has 11 nitrogen and oxygen atoms in total. The molecule has 2 unspecified atom stereocenters. The fraction of sp³-hybridized carbons (Fsp3) is 0.833. The van der Waals surface area contributed by atoms with E-state index in [0.717, 1.165) is 0 Å². The quantitative estimate of drug-likeness (QED) is 0.208. The van der Waals surface area contributed by atoms with Gasteiger partial charge in [0.2, 0.25) is 0 Å². The van der Waals surface area contributed by atoms with Gasteiger partial charge in [-0.25, -0.2) is 9.59 Å². The zero-order chi connectivity index (χ0) is 34.3. The first-order valence-corrected chi connectivity index (χ1v) is 24.2. The normalized spacial score (nSPS) is 22.2. The lowest BCUT2D eigenvalue weighted by molar-refractivity contribution is -0.0509. The summed E-state index contributed by atoms with van der Waals surface area (Å²) >= 11 is 0. The van der Waals surface area contributed by atoms with Gasteiger partial charge in [-0.05, 0) is 54.4 Å². The minimum atomic E-state index is -2.38. The molecule has 2 rings (SSSR count). The molecule has 0 bridgehead atoms. The molecule has 44 heavy (non-hydrogen) atoms. The molecule has 0 saturated carbocycles. The van der Waals surface area contributed by atoms with Gasteiger partial charge in [0.25, 0.3) is 0 Å². The molecule has 1 fully saturated rings. The van der Waals surface area contributed by atoms with E-state index < -0.39 is 61.3 Å². The highest BCUT2D eigenvalue weighted by Gasteiger charge is 2.55. The summed E-state index contributed by atoms with van der Waals surface area (Å²) in [6.07, 6.45) is -1.34. The number of aromatic nitrogens is 2. The average molecular weight is 673 g/mol. The van der Waals surface area contributed by atoms with Crippen molar-refractivity contribution in [3.05, 3.63) is 22.7 Å². The van der Waals surface area contributed by atoms with Gasteiger partial charge in [-0.1, -0.05) is 62.3 Å². The summed E-state index contributed by atoms with van der Waals surface area (Å²) in [5, 5.41) is -0.146. The van der Waals surface area contributed by atoms with Gasteiger partial charge in [-0.3, -0.25) is 4.57 Å². The van der Waals surface area contributed by atoms with Crippen molar-refractivity contribution >= 4 is 36.9 Å². The van der Waals surface area contributed by atoms with E-state index in [-0.39, 0.29) is 20.9 Å². The molecule has 1 amide bonds. The lowest BCUT2D eigenvalue weighted by Gasteiger charge is -2.44. The van der Waals surface area contributed by atoms with Crippen molar-refractivity contribution in [3.8, 4) is 0 Å². The molecule has 1 N–H and O–H groups in total. The van der Waals surface area contributed by atoms with Crippen molar-refractivity contribution < 1.29 is 27.6 Å². The van der Waals surface area contributed by atoms with Gasteiger partial charge in [0.1, 0.15) is 18.3 Å². The van der Waals surface area contributed by atoms with Gasteiger partial charge < -0.3 is 27.8 Å². The fourth-order valence-corrected chi connectivity index (χ4v) is 7.34. The van der Waals surface area contributed by atoms with Crippen LogP contribution < -0.4 is 11.2 Å². The Morgan fingerprint density at radius 2 is 1.36 bits per heavy atom. The van der Waals surface area contributed by atoms with Crippen LogP contribution in [0.1, 0.15) is 68.5 Å². The number of rotatable bonds is 10. The number of ether oxygens (including phenoxy) is 1. The van der Waals surface area contributed by atoms with E-state index in [0.29, 0.717) is 6.61 Å². The maximum atomic E-state index is 13.5. The molecule has 1 aliphatic rings. The number of hydrogen-bond donors (Lipinski definition) is 1. The summed E-state index contributed by atoms with van der Waals surface area (Å²) in [5.41, 5.74) is 1.89. The van der Waals surface area contributed by atoms with Gasteiger partial charge in [-0.2, -0.15) is 10.5 Å². The van der Waals surface area contributed by atoms with Gasteiger partial charge in [0, 0.05) is 26.4 Å². The van der Waals surface area contributed by atoms with Crippen molar-refractivity contribution in [3.63, 3.8) is 0 Å². The summed E-state index contributed by atoms with van der Waals surface area (Å²) < 4.78 is 29.1. The Kier molecular flexibility index (Phi) is 11.7. The molecular formula is C30H60N4O7Si3. The highest BCUT2D eigenvalue weighted by Crippen LogP contribution is 2.46. The van der Waals surface area contributed by atoms with Crippen molar-refractivity contribution in [1.29, 1.82) is 0 Å². The molecule has 14 heteroatoms. The molecule has 0 spiro atoms. The number of anilines is 1. The van der Waals surface area contributed by atoms with Crippen molar-refractivity contribution in [1.82, 2.24) is 14.5 Å². The number of nitrogens with zero attached hydrogens (tertiary/aromatic N) is 3. The monoisotopic (exact) mass is 672 g/mol. The zero-order valence-electron chi connectivity index (χ0n) is 30.4. The number of amides is 1. The summed E-state index contributed by atoms with van der Waals surface area (Å²) in [6.45, 7) is 33.4. The molecule has 0 aromatic carbocycles. The second kappa shape index (κ2) is 13.3. The van der Waals surface area contributed by atoms with E-state index in [2.05, 4.69) is 112 Å². The van der Waals surface area contributed by atoms with E-state index in [4.69, 9.17) is 22.9 Å². The van der Waals surface area contributed by atoms with Gasteiger partial charge in [0.05, 0.1) is 6.61 Å². The summed E-state index contributed by atoms with van der Waals surface area (Å²) in [5.74, 6) is 0.105. The number of nitrogens with one attached hydrogen (secondary N) is 1. The molecule has 0 aliphatic carbocycles. The van der Waals surface area contributed by atoms with Crippen molar-refractivity contribution in [2.24, 2.45) is 0 Å². The van der Waals surface area contributed by atoms with Crippen LogP contribution >= 0.6 is 0 Å². The zero-order valence-corrected chi connectivity index (χ0v) is 33.4. The first kappa shape index (κ1) is 38.6. The maximum Gasteiger partial charge on any atom is 0.433 e. The topological polar surface area (TPSA) is 113 Å². The van der Waals surface area contributed by atoms with Crippen LogP contribution in [-0.2, 0) is 22.9 Å². The van der Waals surface area contributed by atoms with E-state index in [1.54, 1.807) is 26.4 Å². The van der Waals surface area contributed by atoms with Crippen LogP contribution in [0.25, 0.3) is 0 Å². The highest BCUT2D eigenvalue weighted by atomic mass is 28.4. The van der Waals surface area contributed by atoms with Crippen LogP contribution in [0.2, 0.25) is 54.4 Å². The molecule has 1 aromatic rings. The van der Waals surface area contributed by atoms with Crippen LogP contribution in [0.5, 0.6) is 0 Å². The second-order valence-electron chi connectivity index (χ2n) is 16.7. The standard InChI is InChI=1S/C30H60N4O7Si3/c1-28(2,3)42(12,13)37-20-21-23(40-43(14,15)29(4,5)6)24(41-44(16,17)30(7,8)9)25(38-21)34-19-18-22(31-26(34)35)32-39-27(36)33(10)11/h18-19,21,23-25H,20H2,1-17H3,(H,31,32,35)/t21-,23?,24?,25-/m1/s1. The number of hydrogen-bond acceptors (Lipinski definition) is 9. The second-order valence-corrected chi connectivity index (χ2v) is 31.0. The smallest absolute Gasteiger partial charge is 0.414 e. The largest absolute Gasteiger partial charge is 0.433 e. The predicted molar refractivity (Wildman–Crippen MR) is 183 cm³/mol. The molecule has 4 atom stereocenters. The molecule has 2 heterocycles. The molecule has 1 aliphatic heterocycles. The first-order chi connectivity index (χ1) is 19.6. The Hall–Kier alpha value is -1.56. The van der Waals surface area contributed by atoms with Gasteiger partial charge >= 0.3 is 11.8 Å². The Balaban J connectivity index is 2.63. The number of carbonyl (C=O) groups is 1. The predicted octanol–water partition coefficient (Wildman–Crippen LogP) is 6.97. The molecule has 0 radical (unpaired) electrons. The van der Waals surface area contributed by atoms with Gasteiger partial charge in [0.15, 0.2) is 37.0 Å². The van der Waals surface area contributed by atoms with Gasteiger partial charge in [-0.15, -0.1) is 0 Å². The Labute approximate surface area is 268 Å². The van der Waals surface area contributed by atoms with Crippen LogP contribution in [0.15, 0.2) is 17.1 Å². The Bertz CT molecular complexity index is 1200. The van der Waals surface area contributed by atoms with Crippen molar-refractivity contribution in [2.45, 2.75) is 141 Å². The Morgan fingerprint density at radius 3 is 1.80 bits per heavy atom. The average Bonchev–Trinajstić information content (AvgIpc) is 3.14. The molecule has 1 aromatic heterocycles. The van der Waals surface area contributed by atoms with Crippen LogP contribution in [0.4, 0.5) is 10.6 Å². The minimum Gasteiger partial charge on any atom is -0.414 e. The maximum absolute atomic E-state index is 13.5. The van der Waals surface area contributed by atoms with E-state index in [1.165, 1.54) is 9.47 Å². The summed E-state index contributed by atoms with van der Waals surface area (Å²) in [6, 6.07) is 1.57. The third-order valence-electron chi connectivity index (χ3n) is 9.89. The lowest BCUT2D eigenvalue weighted by Crippen LogP contribution is -2.54. The first-order valence-electron chi connectivity index (χ1n) is 15.5. The third-order valence-corrected chi connectivity index (χ3v) is 23.3. The van der Waals surface area contributed by atoms with E-state index in [1.807, 2.05) is 0 Å². The number of carbonyl (C=O) groups excluding carboxylic acids is 1. The van der Waals surface area contributed by atoms with Crippen LogP contribution in [0, 0.1) is 0 Å². The highest BCUT2D eigenvalue weighted by molar-refractivity contribution is 6.75. The minimum absolute atomic E-state index is 0.0115. The van der Waals surface area contributed by atoms with Crippen LogP contribution in [0.3, 0.4) is 0 Å². The molecule has 1 saturated heterocycles. The SMILES string of the molecule is CN(C)C(=O)ONc1ccn([C@@H]2O[C@H](CO[Si](C)(C)C(C)(C)C)C(O[Si](C)(C)C(C)(C)C)C2O[Si](C)(C)C(C)(C)C)c(=O)n1. The Morgan fingerprint density at radius 1 is 0.886 bits per heavy atom. The van der Waals surface area contributed by atoms with E-state index >= 15 is 0 Å². The van der Waals surface area contributed by atoms with E-state index in [9.17, 15) is 9.59 Å². The summed E-state index contributed by atoms with van der Waals surface area (Å²) in [4.78, 5) is 35.7. The van der Waals surface area contributed by atoms with Crippen LogP contribution in [-0.4, -0.2) is 84.5 Å². The third kappa shape index (κ3) is 9.04. The summed E-state index contributed by atoms with van der Waals surface area (Å²) in [7, 11) is -3.72. The molecular weight excluding hydrogens is 613 g/mol.